The molecule has 0 saturated carbocycles. The molecule has 0 heterocycles. The van der Waals surface area contributed by atoms with Gasteiger partial charge in [0.05, 0.1) is 16.9 Å². The van der Waals surface area contributed by atoms with Crippen molar-refractivity contribution in [2.24, 2.45) is 11.0 Å². The molecular formula is C27H27ClIN3O4. The summed E-state index contributed by atoms with van der Waals surface area (Å²) in [6.07, 6.45) is 1.52. The molecule has 7 nitrogen and oxygen atoms in total. The minimum atomic E-state index is -0.770. The summed E-state index contributed by atoms with van der Waals surface area (Å²) in [4.78, 5) is 25.3. The second-order valence-corrected chi connectivity index (χ2v) is 9.84. The molecule has 3 rings (SSSR count). The van der Waals surface area contributed by atoms with Crippen molar-refractivity contribution in [3.05, 3.63) is 92.0 Å². The molecule has 0 aliphatic carbocycles. The number of amides is 2. The summed E-state index contributed by atoms with van der Waals surface area (Å²) >= 11 is 8.06. The molecule has 0 aliphatic rings. The lowest BCUT2D eigenvalue weighted by Crippen LogP contribution is -2.48. The van der Waals surface area contributed by atoms with Crippen molar-refractivity contribution in [1.29, 1.82) is 0 Å². The lowest BCUT2D eigenvalue weighted by Gasteiger charge is -2.20. The summed E-state index contributed by atoms with van der Waals surface area (Å²) in [5.41, 5.74) is 4.70. The summed E-state index contributed by atoms with van der Waals surface area (Å²) in [5, 5.41) is 7.37. The van der Waals surface area contributed by atoms with Crippen molar-refractivity contribution in [2.75, 3.05) is 7.11 Å². The fourth-order valence-corrected chi connectivity index (χ4v) is 4.19. The number of carbonyl (C=O) groups is 2. The Balaban J connectivity index is 1.65. The van der Waals surface area contributed by atoms with E-state index in [-0.39, 0.29) is 11.8 Å². The van der Waals surface area contributed by atoms with Crippen LogP contribution in [0.15, 0.2) is 71.8 Å². The van der Waals surface area contributed by atoms with Crippen LogP contribution in [0.25, 0.3) is 0 Å². The van der Waals surface area contributed by atoms with E-state index in [1.54, 1.807) is 37.4 Å². The lowest BCUT2D eigenvalue weighted by atomic mass is 10.0. The molecule has 2 amide bonds. The SMILES string of the molecule is COc1cc(/C=N/NC(=O)C(NC(=O)c2ccc(Cl)cc2)C(C)C)cc(I)c1OCc1ccccc1. The zero-order valence-electron chi connectivity index (χ0n) is 20.1. The van der Waals surface area contributed by atoms with Crippen LogP contribution >= 0.6 is 34.2 Å². The number of hydrogen-bond donors (Lipinski definition) is 2. The number of benzene rings is 3. The average molecular weight is 620 g/mol. The van der Waals surface area contributed by atoms with E-state index in [1.807, 2.05) is 50.2 Å². The van der Waals surface area contributed by atoms with E-state index >= 15 is 0 Å². The smallest absolute Gasteiger partial charge is 0.262 e. The van der Waals surface area contributed by atoms with E-state index in [2.05, 4.69) is 38.4 Å². The number of methoxy groups -OCH3 is 1. The van der Waals surface area contributed by atoms with E-state index in [1.165, 1.54) is 6.21 Å². The zero-order chi connectivity index (χ0) is 26.1. The first kappa shape index (κ1) is 27.5. The molecule has 3 aromatic rings. The minimum Gasteiger partial charge on any atom is -0.493 e. The summed E-state index contributed by atoms with van der Waals surface area (Å²) in [7, 11) is 1.57. The van der Waals surface area contributed by atoms with Crippen LogP contribution in [0.2, 0.25) is 5.02 Å². The van der Waals surface area contributed by atoms with Gasteiger partial charge in [0.15, 0.2) is 11.5 Å². The third kappa shape index (κ3) is 7.69. The molecule has 0 spiro atoms. The van der Waals surface area contributed by atoms with Gasteiger partial charge in [-0.2, -0.15) is 5.10 Å². The van der Waals surface area contributed by atoms with Gasteiger partial charge in [0, 0.05) is 10.6 Å². The van der Waals surface area contributed by atoms with Crippen molar-refractivity contribution < 1.29 is 19.1 Å². The first-order valence-electron chi connectivity index (χ1n) is 11.2. The molecule has 9 heteroatoms. The molecule has 0 aromatic heterocycles. The maximum atomic E-state index is 12.8. The van der Waals surface area contributed by atoms with Gasteiger partial charge in [-0.15, -0.1) is 0 Å². The Labute approximate surface area is 229 Å². The Hall–Kier alpha value is -3.11. The Kier molecular flexibility index (Phi) is 10.1. The van der Waals surface area contributed by atoms with Gasteiger partial charge < -0.3 is 14.8 Å². The van der Waals surface area contributed by atoms with Gasteiger partial charge in [-0.3, -0.25) is 9.59 Å². The van der Waals surface area contributed by atoms with Crippen LogP contribution in [-0.2, 0) is 11.4 Å². The van der Waals surface area contributed by atoms with Gasteiger partial charge in [0.25, 0.3) is 11.8 Å². The van der Waals surface area contributed by atoms with Crippen molar-refractivity contribution in [3.8, 4) is 11.5 Å². The maximum absolute atomic E-state index is 12.8. The highest BCUT2D eigenvalue weighted by Gasteiger charge is 2.24. The molecule has 1 unspecified atom stereocenters. The number of hydrogen-bond acceptors (Lipinski definition) is 5. The number of rotatable bonds is 10. The van der Waals surface area contributed by atoms with Gasteiger partial charge in [0.1, 0.15) is 12.6 Å². The number of nitrogens with one attached hydrogen (secondary N) is 2. The normalized spacial score (nSPS) is 11.8. The largest absolute Gasteiger partial charge is 0.493 e. The number of hydrazone groups is 1. The molecular weight excluding hydrogens is 593 g/mol. The second-order valence-electron chi connectivity index (χ2n) is 8.24. The number of nitrogens with zero attached hydrogens (tertiary/aromatic N) is 1. The van der Waals surface area contributed by atoms with Crippen molar-refractivity contribution in [1.82, 2.24) is 10.7 Å². The molecule has 0 bridgehead atoms. The van der Waals surface area contributed by atoms with Gasteiger partial charge >= 0.3 is 0 Å². The van der Waals surface area contributed by atoms with E-state index in [4.69, 9.17) is 21.1 Å². The number of halogens is 2. The van der Waals surface area contributed by atoms with Gasteiger partial charge in [-0.1, -0.05) is 55.8 Å². The summed E-state index contributed by atoms with van der Waals surface area (Å²) in [6, 6.07) is 19.2. The third-order valence-electron chi connectivity index (χ3n) is 5.21. The third-order valence-corrected chi connectivity index (χ3v) is 6.26. The zero-order valence-corrected chi connectivity index (χ0v) is 23.0. The van der Waals surface area contributed by atoms with Crippen LogP contribution < -0.4 is 20.2 Å². The van der Waals surface area contributed by atoms with Gasteiger partial charge in [-0.25, -0.2) is 5.43 Å². The van der Waals surface area contributed by atoms with Crippen molar-refractivity contribution in [2.45, 2.75) is 26.5 Å². The average Bonchev–Trinajstić information content (AvgIpc) is 2.87. The molecule has 188 valence electrons. The Morgan fingerprint density at radius 2 is 1.78 bits per heavy atom. The second kappa shape index (κ2) is 13.3. The quantitative estimate of drug-likeness (QED) is 0.180. The van der Waals surface area contributed by atoms with Crippen LogP contribution in [0.5, 0.6) is 11.5 Å². The lowest BCUT2D eigenvalue weighted by molar-refractivity contribution is -0.123. The first-order valence-corrected chi connectivity index (χ1v) is 12.7. The van der Waals surface area contributed by atoms with E-state index < -0.39 is 11.9 Å². The van der Waals surface area contributed by atoms with Gasteiger partial charge in [0.2, 0.25) is 0 Å². The van der Waals surface area contributed by atoms with E-state index in [0.29, 0.717) is 28.7 Å². The topological polar surface area (TPSA) is 89.0 Å². The molecule has 0 saturated heterocycles. The Bertz CT molecular complexity index is 1220. The predicted octanol–water partition coefficient (Wildman–Crippen LogP) is 5.44. The fourth-order valence-electron chi connectivity index (χ4n) is 3.28. The molecule has 0 radical (unpaired) electrons. The van der Waals surface area contributed by atoms with Crippen LogP contribution in [0.1, 0.15) is 35.3 Å². The van der Waals surface area contributed by atoms with Crippen LogP contribution in [-0.4, -0.2) is 31.2 Å². The summed E-state index contributed by atoms with van der Waals surface area (Å²) in [6.45, 7) is 4.10. The Morgan fingerprint density at radius 3 is 2.42 bits per heavy atom. The van der Waals surface area contributed by atoms with Crippen molar-refractivity contribution >= 4 is 52.2 Å². The molecule has 1 atom stereocenters. The predicted molar refractivity (Wildman–Crippen MR) is 150 cm³/mol. The highest BCUT2D eigenvalue weighted by molar-refractivity contribution is 14.1. The fraction of sp³-hybridized carbons (Fsp3) is 0.222. The van der Waals surface area contributed by atoms with E-state index in [9.17, 15) is 9.59 Å². The molecule has 2 N–H and O–H groups in total. The van der Waals surface area contributed by atoms with Crippen molar-refractivity contribution in [3.63, 3.8) is 0 Å². The Morgan fingerprint density at radius 1 is 1.08 bits per heavy atom. The monoisotopic (exact) mass is 619 g/mol. The van der Waals surface area contributed by atoms with Gasteiger partial charge in [-0.05, 0) is 76.0 Å². The minimum absolute atomic E-state index is 0.154. The van der Waals surface area contributed by atoms with Crippen LogP contribution in [0.3, 0.4) is 0 Å². The molecule has 3 aromatic carbocycles. The highest BCUT2D eigenvalue weighted by Crippen LogP contribution is 2.34. The standard InChI is InChI=1S/C27H27ClIN3O4/c1-17(2)24(31-26(33)20-9-11-21(28)12-10-20)27(34)32-30-15-19-13-22(29)25(23(14-19)35-3)36-16-18-7-5-4-6-8-18/h4-15,17,24H,16H2,1-3H3,(H,31,33)(H,32,34)/b30-15+. The van der Waals surface area contributed by atoms with Crippen LogP contribution in [0.4, 0.5) is 0 Å². The maximum Gasteiger partial charge on any atom is 0.262 e. The number of ether oxygens (including phenoxy) is 2. The summed E-state index contributed by atoms with van der Waals surface area (Å²) in [5.74, 6) is 0.246. The first-order chi connectivity index (χ1) is 17.3. The van der Waals surface area contributed by atoms with Crippen LogP contribution in [0, 0.1) is 9.49 Å². The molecule has 0 fully saturated rings. The summed E-state index contributed by atoms with van der Waals surface area (Å²) < 4.78 is 12.3. The molecule has 36 heavy (non-hydrogen) atoms. The number of carbonyl (C=O) groups excluding carboxylic acids is 2. The highest BCUT2D eigenvalue weighted by atomic mass is 127. The van der Waals surface area contributed by atoms with E-state index in [0.717, 1.165) is 14.7 Å². The molecule has 0 aliphatic heterocycles.